The Hall–Kier alpha value is -2.23. The molecular weight excluding hydrogens is 322 g/mol. The van der Waals surface area contributed by atoms with Crippen molar-refractivity contribution >= 4 is 6.03 Å². The zero-order valence-corrected chi connectivity index (χ0v) is 16.0. The number of hydrogen-bond acceptors (Lipinski definition) is 1. The number of nitrogens with one attached hydrogen (secondary N) is 1. The molecule has 0 radical (unpaired) electrons. The molecule has 3 unspecified atom stereocenters. The van der Waals surface area contributed by atoms with Gasteiger partial charge in [0, 0.05) is 43.5 Å². The number of fused-ring (bicyclic) bond motifs is 1. The van der Waals surface area contributed by atoms with Crippen molar-refractivity contribution in [3.63, 3.8) is 0 Å². The van der Waals surface area contributed by atoms with Gasteiger partial charge in [-0.25, -0.2) is 4.79 Å². The first-order chi connectivity index (χ1) is 12.5. The third-order valence-corrected chi connectivity index (χ3v) is 6.31. The van der Waals surface area contributed by atoms with Gasteiger partial charge in [-0.15, -0.1) is 0 Å². The number of carbonyl (C=O) groups excluding carboxylic acids is 1. The van der Waals surface area contributed by atoms with Gasteiger partial charge in [-0.3, -0.25) is 0 Å². The number of carbonyl (C=O) groups is 1. The molecule has 2 aromatic rings. The highest BCUT2D eigenvalue weighted by atomic mass is 16.2. The Morgan fingerprint density at radius 1 is 1.31 bits per heavy atom. The van der Waals surface area contributed by atoms with Gasteiger partial charge in [0.1, 0.15) is 0 Å². The molecule has 0 spiro atoms. The van der Waals surface area contributed by atoms with Crippen molar-refractivity contribution in [1.29, 1.82) is 0 Å². The monoisotopic (exact) mass is 351 g/mol. The summed E-state index contributed by atoms with van der Waals surface area (Å²) in [7, 11) is 2.07. The minimum Gasteiger partial charge on any atom is -0.354 e. The molecule has 1 N–H and O–H groups in total. The summed E-state index contributed by atoms with van der Waals surface area (Å²) in [6.07, 6.45) is 5.24. The summed E-state index contributed by atoms with van der Waals surface area (Å²) in [6, 6.07) is 13.4. The van der Waals surface area contributed by atoms with E-state index in [2.05, 4.69) is 73.4 Å². The largest absolute Gasteiger partial charge is 0.354 e. The van der Waals surface area contributed by atoms with Gasteiger partial charge in [0.15, 0.2) is 0 Å². The molecule has 4 nitrogen and oxygen atoms in total. The Balaban J connectivity index is 1.31. The number of aromatic nitrogens is 1. The van der Waals surface area contributed by atoms with Crippen LogP contribution in [0.15, 0.2) is 42.6 Å². The molecule has 1 aliphatic heterocycles. The Labute approximate surface area is 156 Å². The van der Waals surface area contributed by atoms with Crippen LogP contribution in [0.3, 0.4) is 0 Å². The van der Waals surface area contributed by atoms with Crippen LogP contribution in [0.5, 0.6) is 0 Å². The van der Waals surface area contributed by atoms with Crippen LogP contribution in [-0.4, -0.2) is 34.6 Å². The fourth-order valence-electron chi connectivity index (χ4n) is 4.46. The molecule has 138 valence electrons. The van der Waals surface area contributed by atoms with Gasteiger partial charge in [-0.2, -0.15) is 0 Å². The fourth-order valence-corrected chi connectivity index (χ4v) is 4.46. The first-order valence-corrected chi connectivity index (χ1v) is 9.71. The summed E-state index contributed by atoms with van der Waals surface area (Å²) in [6.45, 7) is 5.98. The molecule has 3 atom stereocenters. The summed E-state index contributed by atoms with van der Waals surface area (Å²) in [5.74, 6) is 0.634. The average Bonchev–Trinajstić information content (AvgIpc) is 2.96. The van der Waals surface area contributed by atoms with E-state index in [1.165, 1.54) is 23.2 Å². The van der Waals surface area contributed by atoms with E-state index in [9.17, 15) is 4.79 Å². The summed E-state index contributed by atoms with van der Waals surface area (Å²) >= 11 is 0. The van der Waals surface area contributed by atoms with Crippen molar-refractivity contribution in [2.24, 2.45) is 13.0 Å². The van der Waals surface area contributed by atoms with Crippen LogP contribution in [0.2, 0.25) is 0 Å². The molecule has 2 aliphatic rings. The van der Waals surface area contributed by atoms with E-state index in [0.29, 0.717) is 5.92 Å². The second-order valence-electron chi connectivity index (χ2n) is 8.30. The lowest BCUT2D eigenvalue weighted by Crippen LogP contribution is -2.44. The standard InChI is InChI=1S/C22H29N3O/c1-16-6-9-18(10-7-16)22-13-19(22)14-25(15-22)21(26)23-17(2)8-11-20-5-4-12-24(20)3/h4-7,9-10,12,17,19H,8,11,13-15H2,1-3H3,(H,23,26). The predicted molar refractivity (Wildman–Crippen MR) is 104 cm³/mol. The number of likely N-dealkylation sites (tertiary alicyclic amines) is 1. The third kappa shape index (κ3) is 3.13. The van der Waals surface area contributed by atoms with Crippen molar-refractivity contribution in [3.05, 3.63) is 59.4 Å². The quantitative estimate of drug-likeness (QED) is 0.877. The van der Waals surface area contributed by atoms with Gasteiger partial charge in [0.2, 0.25) is 0 Å². The minimum absolute atomic E-state index is 0.100. The lowest BCUT2D eigenvalue weighted by Gasteiger charge is -2.24. The Bertz CT molecular complexity index is 794. The molecule has 1 saturated carbocycles. The maximum atomic E-state index is 12.7. The normalized spacial score (nSPS) is 25.0. The zero-order valence-electron chi connectivity index (χ0n) is 16.0. The molecule has 2 fully saturated rings. The molecule has 4 heteroatoms. The molecule has 1 saturated heterocycles. The first kappa shape index (κ1) is 17.2. The Morgan fingerprint density at radius 2 is 2.08 bits per heavy atom. The van der Waals surface area contributed by atoms with E-state index < -0.39 is 0 Å². The highest BCUT2D eigenvalue weighted by Crippen LogP contribution is 2.58. The molecule has 1 aromatic heterocycles. The maximum Gasteiger partial charge on any atom is 0.317 e. The number of amides is 2. The maximum absolute atomic E-state index is 12.7. The third-order valence-electron chi connectivity index (χ3n) is 6.31. The zero-order chi connectivity index (χ0) is 18.3. The van der Waals surface area contributed by atoms with E-state index in [1.807, 2.05) is 4.90 Å². The van der Waals surface area contributed by atoms with E-state index in [0.717, 1.165) is 25.9 Å². The second-order valence-corrected chi connectivity index (χ2v) is 8.30. The van der Waals surface area contributed by atoms with Gasteiger partial charge in [-0.05, 0) is 56.7 Å². The average molecular weight is 351 g/mol. The van der Waals surface area contributed by atoms with E-state index >= 15 is 0 Å². The Kier molecular flexibility index (Phi) is 4.29. The van der Waals surface area contributed by atoms with Crippen LogP contribution in [-0.2, 0) is 18.9 Å². The Morgan fingerprint density at radius 3 is 2.77 bits per heavy atom. The highest BCUT2D eigenvalue weighted by molar-refractivity contribution is 5.75. The summed E-state index contributed by atoms with van der Waals surface area (Å²) < 4.78 is 2.15. The molecule has 0 bridgehead atoms. The number of piperidine rings is 1. The predicted octanol–water partition coefficient (Wildman–Crippen LogP) is 3.64. The molecule has 2 heterocycles. The minimum atomic E-state index is 0.100. The van der Waals surface area contributed by atoms with Crippen LogP contribution in [0, 0.1) is 12.8 Å². The number of hydrogen-bond donors (Lipinski definition) is 1. The molecule has 1 aromatic carbocycles. The first-order valence-electron chi connectivity index (χ1n) is 9.71. The molecular formula is C22H29N3O. The smallest absolute Gasteiger partial charge is 0.317 e. The number of nitrogens with zero attached hydrogens (tertiary/aromatic N) is 2. The molecule has 1 aliphatic carbocycles. The number of urea groups is 1. The van der Waals surface area contributed by atoms with Gasteiger partial charge in [0.25, 0.3) is 0 Å². The lowest BCUT2D eigenvalue weighted by molar-refractivity contribution is 0.198. The van der Waals surface area contributed by atoms with Crippen molar-refractivity contribution in [1.82, 2.24) is 14.8 Å². The highest BCUT2D eigenvalue weighted by Gasteiger charge is 2.61. The fraction of sp³-hybridized carbons (Fsp3) is 0.500. The topological polar surface area (TPSA) is 37.3 Å². The lowest BCUT2D eigenvalue weighted by atomic mass is 9.94. The summed E-state index contributed by atoms with van der Waals surface area (Å²) in [5, 5.41) is 3.20. The van der Waals surface area contributed by atoms with Crippen molar-refractivity contribution in [2.75, 3.05) is 13.1 Å². The van der Waals surface area contributed by atoms with Crippen LogP contribution < -0.4 is 5.32 Å². The van der Waals surface area contributed by atoms with E-state index in [1.54, 1.807) is 0 Å². The van der Waals surface area contributed by atoms with Crippen molar-refractivity contribution in [3.8, 4) is 0 Å². The van der Waals surface area contributed by atoms with Gasteiger partial charge >= 0.3 is 6.03 Å². The summed E-state index contributed by atoms with van der Waals surface area (Å²) in [4.78, 5) is 14.7. The SMILES string of the molecule is Cc1ccc(C23CC2CN(C(=O)NC(C)CCc2cccn2C)C3)cc1. The molecule has 2 amide bonds. The van der Waals surface area contributed by atoms with Crippen LogP contribution in [0.4, 0.5) is 4.79 Å². The van der Waals surface area contributed by atoms with Crippen LogP contribution in [0.1, 0.15) is 36.6 Å². The number of rotatable bonds is 5. The van der Waals surface area contributed by atoms with Crippen LogP contribution >= 0.6 is 0 Å². The number of benzene rings is 1. The number of aryl methyl sites for hydroxylation is 3. The van der Waals surface area contributed by atoms with E-state index in [-0.39, 0.29) is 17.5 Å². The van der Waals surface area contributed by atoms with Crippen molar-refractivity contribution < 1.29 is 4.79 Å². The van der Waals surface area contributed by atoms with Crippen LogP contribution in [0.25, 0.3) is 0 Å². The van der Waals surface area contributed by atoms with Crippen molar-refractivity contribution in [2.45, 2.75) is 44.6 Å². The van der Waals surface area contributed by atoms with Gasteiger partial charge < -0.3 is 14.8 Å². The van der Waals surface area contributed by atoms with E-state index in [4.69, 9.17) is 0 Å². The second kappa shape index (κ2) is 6.49. The van der Waals surface area contributed by atoms with Gasteiger partial charge in [0.05, 0.1) is 0 Å². The molecule has 4 rings (SSSR count). The molecule has 26 heavy (non-hydrogen) atoms. The van der Waals surface area contributed by atoms with Gasteiger partial charge in [-0.1, -0.05) is 29.8 Å². The summed E-state index contributed by atoms with van der Waals surface area (Å²) in [5.41, 5.74) is 4.23.